The molecule has 1 aromatic heterocycles. The van der Waals surface area contributed by atoms with Crippen LogP contribution in [-0.2, 0) is 0 Å². The first-order valence-electron chi connectivity index (χ1n) is 6.47. The van der Waals surface area contributed by atoms with E-state index in [1.165, 1.54) is 0 Å². The van der Waals surface area contributed by atoms with Crippen molar-refractivity contribution in [1.82, 2.24) is 4.98 Å². The summed E-state index contributed by atoms with van der Waals surface area (Å²) in [6, 6.07) is 16.5. The van der Waals surface area contributed by atoms with E-state index in [9.17, 15) is 4.79 Å². The number of para-hydroxylation sites is 1. The number of pyridine rings is 1. The van der Waals surface area contributed by atoms with E-state index in [2.05, 4.69) is 4.98 Å². The molecule has 3 rings (SSSR count). The number of ether oxygens (including phenoxy) is 2. The molecule has 0 bridgehead atoms. The van der Waals surface area contributed by atoms with Crippen molar-refractivity contribution < 1.29 is 14.3 Å². The summed E-state index contributed by atoms with van der Waals surface area (Å²) in [6.45, 7) is 0. The highest BCUT2D eigenvalue weighted by atomic mass is 16.5. The molecular weight excluding hydrogens is 266 g/mol. The Kier molecular flexibility index (Phi) is 3.51. The highest BCUT2D eigenvalue weighted by Crippen LogP contribution is 2.27. The molecular formula is C17H13NO3. The van der Waals surface area contributed by atoms with Gasteiger partial charge in [0.15, 0.2) is 6.29 Å². The minimum atomic E-state index is 0.300. The van der Waals surface area contributed by atoms with E-state index in [0.717, 1.165) is 22.9 Å². The molecule has 0 N–H and O–H groups in total. The molecule has 0 aliphatic heterocycles. The van der Waals surface area contributed by atoms with Crippen molar-refractivity contribution >= 4 is 17.2 Å². The second-order valence-corrected chi connectivity index (χ2v) is 4.47. The maximum absolute atomic E-state index is 11.2. The molecule has 0 spiro atoms. The third kappa shape index (κ3) is 2.69. The van der Waals surface area contributed by atoms with E-state index in [0.29, 0.717) is 17.2 Å². The monoisotopic (exact) mass is 279 g/mol. The van der Waals surface area contributed by atoms with Crippen molar-refractivity contribution in [2.75, 3.05) is 7.11 Å². The summed E-state index contributed by atoms with van der Waals surface area (Å²) in [5, 5.41) is 0.904. The molecule has 0 saturated heterocycles. The van der Waals surface area contributed by atoms with Gasteiger partial charge in [0, 0.05) is 5.39 Å². The predicted molar refractivity (Wildman–Crippen MR) is 80.2 cm³/mol. The van der Waals surface area contributed by atoms with Gasteiger partial charge in [-0.25, -0.2) is 4.98 Å². The number of hydrogen-bond acceptors (Lipinski definition) is 4. The van der Waals surface area contributed by atoms with E-state index < -0.39 is 0 Å². The first-order valence-corrected chi connectivity index (χ1v) is 6.47. The van der Waals surface area contributed by atoms with E-state index in [1.54, 1.807) is 37.4 Å². The Labute approximate surface area is 122 Å². The summed E-state index contributed by atoms with van der Waals surface area (Å²) in [4.78, 5) is 15.6. The van der Waals surface area contributed by atoms with Crippen molar-refractivity contribution in [3.63, 3.8) is 0 Å². The lowest BCUT2D eigenvalue weighted by Crippen LogP contribution is -1.95. The molecule has 0 fully saturated rings. The Bertz CT molecular complexity index is 782. The molecule has 0 atom stereocenters. The lowest BCUT2D eigenvalue weighted by molar-refractivity contribution is 0.112. The smallest absolute Gasteiger partial charge is 0.230 e. The minimum absolute atomic E-state index is 0.300. The van der Waals surface area contributed by atoms with Crippen LogP contribution in [0.15, 0.2) is 54.6 Å². The van der Waals surface area contributed by atoms with Crippen molar-refractivity contribution in [3.8, 4) is 17.4 Å². The van der Waals surface area contributed by atoms with Crippen molar-refractivity contribution in [2.45, 2.75) is 0 Å². The van der Waals surface area contributed by atoms with Crippen molar-refractivity contribution in [3.05, 3.63) is 60.2 Å². The predicted octanol–water partition coefficient (Wildman–Crippen LogP) is 3.85. The number of carbonyl (C=O) groups excluding carboxylic acids is 1. The largest absolute Gasteiger partial charge is 0.497 e. The summed E-state index contributed by atoms with van der Waals surface area (Å²) in [5.41, 5.74) is 1.20. The Hall–Kier alpha value is -2.88. The molecule has 4 nitrogen and oxygen atoms in total. The second-order valence-electron chi connectivity index (χ2n) is 4.47. The van der Waals surface area contributed by atoms with Crippen LogP contribution in [0.5, 0.6) is 17.4 Å². The van der Waals surface area contributed by atoms with Gasteiger partial charge in [-0.15, -0.1) is 0 Å². The zero-order valence-electron chi connectivity index (χ0n) is 11.4. The topological polar surface area (TPSA) is 48.4 Å². The van der Waals surface area contributed by atoms with Crippen molar-refractivity contribution in [2.24, 2.45) is 0 Å². The van der Waals surface area contributed by atoms with Crippen LogP contribution < -0.4 is 9.47 Å². The Morgan fingerprint density at radius 1 is 1.00 bits per heavy atom. The first kappa shape index (κ1) is 13.1. The average molecular weight is 279 g/mol. The number of carbonyl (C=O) groups is 1. The Morgan fingerprint density at radius 3 is 2.43 bits per heavy atom. The lowest BCUT2D eigenvalue weighted by Gasteiger charge is -2.09. The van der Waals surface area contributed by atoms with Gasteiger partial charge in [0.1, 0.15) is 11.5 Å². The molecule has 0 radical (unpaired) electrons. The number of hydrogen-bond donors (Lipinski definition) is 0. The van der Waals surface area contributed by atoms with Crippen LogP contribution in [-0.4, -0.2) is 18.4 Å². The fraction of sp³-hybridized carbons (Fsp3) is 0.0588. The normalized spacial score (nSPS) is 10.3. The summed E-state index contributed by atoms with van der Waals surface area (Å²) in [6.07, 6.45) is 0.748. The van der Waals surface area contributed by atoms with Gasteiger partial charge in [0.25, 0.3) is 0 Å². The SMILES string of the molecule is COc1ccc(Oc2nc3ccccc3cc2C=O)cc1. The zero-order chi connectivity index (χ0) is 14.7. The van der Waals surface area contributed by atoms with Gasteiger partial charge in [-0.2, -0.15) is 0 Å². The average Bonchev–Trinajstić information content (AvgIpc) is 2.55. The number of aromatic nitrogens is 1. The maximum atomic E-state index is 11.2. The van der Waals surface area contributed by atoms with Gasteiger partial charge in [-0.1, -0.05) is 18.2 Å². The zero-order valence-corrected chi connectivity index (χ0v) is 11.4. The van der Waals surface area contributed by atoms with E-state index >= 15 is 0 Å². The fourth-order valence-electron chi connectivity index (χ4n) is 2.04. The molecule has 0 unspecified atom stereocenters. The van der Waals surface area contributed by atoms with E-state index in [1.807, 2.05) is 24.3 Å². The fourth-order valence-corrected chi connectivity index (χ4v) is 2.04. The molecule has 0 aliphatic carbocycles. The number of rotatable bonds is 4. The lowest BCUT2D eigenvalue weighted by atomic mass is 10.1. The Balaban J connectivity index is 1.99. The second kappa shape index (κ2) is 5.63. The van der Waals surface area contributed by atoms with Crippen LogP contribution in [0.3, 0.4) is 0 Å². The molecule has 21 heavy (non-hydrogen) atoms. The van der Waals surface area contributed by atoms with Crippen LogP contribution in [0.1, 0.15) is 10.4 Å². The number of aldehydes is 1. The van der Waals surface area contributed by atoms with E-state index in [4.69, 9.17) is 9.47 Å². The molecule has 0 saturated carbocycles. The first-order chi connectivity index (χ1) is 10.3. The standard InChI is InChI=1S/C17H13NO3/c1-20-14-6-8-15(9-7-14)21-17-13(11-19)10-12-4-2-3-5-16(12)18-17/h2-11H,1H3. The third-order valence-electron chi connectivity index (χ3n) is 3.12. The van der Waals surface area contributed by atoms with Crippen molar-refractivity contribution in [1.29, 1.82) is 0 Å². The minimum Gasteiger partial charge on any atom is -0.497 e. The van der Waals surface area contributed by atoms with Gasteiger partial charge in [-0.05, 0) is 36.4 Å². The summed E-state index contributed by atoms with van der Waals surface area (Å²) >= 11 is 0. The number of nitrogens with zero attached hydrogens (tertiary/aromatic N) is 1. The maximum Gasteiger partial charge on any atom is 0.230 e. The van der Waals surface area contributed by atoms with Gasteiger partial charge < -0.3 is 9.47 Å². The van der Waals surface area contributed by atoms with E-state index in [-0.39, 0.29) is 0 Å². The number of methoxy groups -OCH3 is 1. The molecule has 1 heterocycles. The quantitative estimate of drug-likeness (QED) is 0.681. The highest BCUT2D eigenvalue weighted by molar-refractivity contribution is 5.88. The summed E-state index contributed by atoms with van der Waals surface area (Å²) < 4.78 is 10.8. The number of fused-ring (bicyclic) bond motifs is 1. The van der Waals surface area contributed by atoms with Gasteiger partial charge in [-0.3, -0.25) is 4.79 Å². The van der Waals surface area contributed by atoms with Crippen LogP contribution in [0, 0.1) is 0 Å². The third-order valence-corrected chi connectivity index (χ3v) is 3.12. The highest BCUT2D eigenvalue weighted by Gasteiger charge is 2.08. The molecule has 104 valence electrons. The molecule has 3 aromatic rings. The van der Waals surface area contributed by atoms with Gasteiger partial charge >= 0.3 is 0 Å². The summed E-state index contributed by atoms with van der Waals surface area (Å²) in [5.74, 6) is 1.64. The van der Waals surface area contributed by atoms with Crippen LogP contribution in [0.2, 0.25) is 0 Å². The van der Waals surface area contributed by atoms with Crippen LogP contribution in [0.25, 0.3) is 10.9 Å². The molecule has 0 aliphatic rings. The molecule has 0 amide bonds. The molecule has 2 aromatic carbocycles. The number of benzene rings is 2. The van der Waals surface area contributed by atoms with Crippen LogP contribution >= 0.6 is 0 Å². The summed E-state index contributed by atoms with van der Waals surface area (Å²) in [7, 11) is 1.60. The van der Waals surface area contributed by atoms with Crippen LogP contribution in [0.4, 0.5) is 0 Å². The van der Waals surface area contributed by atoms with Gasteiger partial charge in [0.05, 0.1) is 18.2 Å². The molecule has 4 heteroatoms. The van der Waals surface area contributed by atoms with Gasteiger partial charge in [0.2, 0.25) is 5.88 Å². The Morgan fingerprint density at radius 2 is 1.71 bits per heavy atom.